The maximum atomic E-state index is 13.3. The first-order chi connectivity index (χ1) is 13.7. The second kappa shape index (κ2) is 8.33. The van der Waals surface area contributed by atoms with Crippen LogP contribution in [0.1, 0.15) is 26.7 Å². The summed E-state index contributed by atoms with van der Waals surface area (Å²) in [5.41, 5.74) is 0.383. The molecule has 1 saturated heterocycles. The van der Waals surface area contributed by atoms with Gasteiger partial charge in [0, 0.05) is 10.5 Å². The summed E-state index contributed by atoms with van der Waals surface area (Å²) in [4.78, 5) is 26.6. The number of halogens is 2. The first kappa shape index (κ1) is 21.6. The number of imide groups is 1. The van der Waals surface area contributed by atoms with Crippen LogP contribution >= 0.6 is 15.9 Å². The van der Waals surface area contributed by atoms with E-state index in [1.54, 1.807) is 38.1 Å². The Bertz CT molecular complexity index is 1030. The lowest BCUT2D eigenvalue weighted by atomic mass is 10.2. The number of hydrogen-bond donors (Lipinski definition) is 0. The van der Waals surface area contributed by atoms with Gasteiger partial charge in [0.15, 0.2) is 0 Å². The zero-order valence-corrected chi connectivity index (χ0v) is 18.3. The van der Waals surface area contributed by atoms with Crippen molar-refractivity contribution in [3.05, 3.63) is 58.8 Å². The van der Waals surface area contributed by atoms with E-state index in [-0.39, 0.29) is 11.3 Å². The molecule has 0 spiro atoms. The van der Waals surface area contributed by atoms with Crippen LogP contribution in [0, 0.1) is 5.82 Å². The van der Waals surface area contributed by atoms with E-state index in [1.807, 2.05) is 0 Å². The van der Waals surface area contributed by atoms with E-state index in [4.69, 9.17) is 0 Å². The summed E-state index contributed by atoms with van der Waals surface area (Å²) in [6.07, 6.45) is 0.191. The minimum absolute atomic E-state index is 0.124. The zero-order valence-electron chi connectivity index (χ0n) is 15.9. The van der Waals surface area contributed by atoms with E-state index in [9.17, 15) is 22.4 Å². The van der Waals surface area contributed by atoms with Gasteiger partial charge in [0.25, 0.3) is 5.91 Å². The fourth-order valence-electron chi connectivity index (χ4n) is 3.30. The van der Waals surface area contributed by atoms with Crippen LogP contribution in [0.25, 0.3) is 0 Å². The largest absolute Gasteiger partial charge is 0.274 e. The molecule has 2 aromatic carbocycles. The molecule has 1 fully saturated rings. The van der Waals surface area contributed by atoms with Crippen molar-refractivity contribution >= 4 is 43.5 Å². The molecule has 1 aliphatic rings. The van der Waals surface area contributed by atoms with Crippen LogP contribution in [0.4, 0.5) is 10.1 Å². The summed E-state index contributed by atoms with van der Waals surface area (Å²) < 4.78 is 41.7. The van der Waals surface area contributed by atoms with Crippen LogP contribution < -0.4 is 4.90 Å². The molecule has 2 aromatic rings. The van der Waals surface area contributed by atoms with Gasteiger partial charge in [0.1, 0.15) is 11.9 Å². The Morgan fingerprint density at radius 1 is 1.14 bits per heavy atom. The van der Waals surface area contributed by atoms with Crippen molar-refractivity contribution in [2.45, 2.75) is 43.7 Å². The second-order valence-electron chi connectivity index (χ2n) is 6.81. The molecule has 3 rings (SSSR count). The van der Waals surface area contributed by atoms with Crippen molar-refractivity contribution in [1.29, 1.82) is 0 Å². The van der Waals surface area contributed by atoms with Gasteiger partial charge in [-0.25, -0.2) is 17.7 Å². The molecule has 2 atom stereocenters. The van der Waals surface area contributed by atoms with E-state index in [2.05, 4.69) is 15.9 Å². The highest BCUT2D eigenvalue weighted by Gasteiger charge is 2.48. The topological polar surface area (TPSA) is 74.8 Å². The maximum absolute atomic E-state index is 13.3. The molecule has 0 bridgehead atoms. The molecule has 1 heterocycles. The number of nitrogens with zero attached hydrogens (tertiary/aromatic N) is 2. The summed E-state index contributed by atoms with van der Waals surface area (Å²) >= 11 is 3.30. The van der Waals surface area contributed by atoms with Crippen molar-refractivity contribution < 1.29 is 22.4 Å². The molecule has 0 radical (unpaired) electrons. The Hall–Kier alpha value is -2.10. The van der Waals surface area contributed by atoms with Crippen LogP contribution in [0.5, 0.6) is 0 Å². The molecule has 154 valence electrons. The fourth-order valence-corrected chi connectivity index (χ4v) is 5.41. The number of anilines is 1. The van der Waals surface area contributed by atoms with Crippen molar-refractivity contribution in [2.24, 2.45) is 0 Å². The average Bonchev–Trinajstić information content (AvgIpc) is 2.96. The third-order valence-corrected chi connectivity index (χ3v) is 7.50. The normalized spacial score (nSPS) is 18.5. The predicted molar refractivity (Wildman–Crippen MR) is 110 cm³/mol. The van der Waals surface area contributed by atoms with E-state index >= 15 is 0 Å². The minimum Gasteiger partial charge on any atom is -0.274 e. The van der Waals surface area contributed by atoms with Crippen LogP contribution in [0.15, 0.2) is 57.9 Å². The zero-order chi connectivity index (χ0) is 21.3. The Morgan fingerprint density at radius 3 is 2.28 bits per heavy atom. The van der Waals surface area contributed by atoms with E-state index in [0.717, 1.165) is 37.9 Å². The predicted octanol–water partition coefficient (Wildman–Crippen LogP) is 3.71. The molecule has 2 amide bonds. The van der Waals surface area contributed by atoms with Gasteiger partial charge in [-0.05, 0) is 61.9 Å². The molecule has 0 aliphatic carbocycles. The first-order valence-electron chi connectivity index (χ1n) is 9.08. The van der Waals surface area contributed by atoms with Gasteiger partial charge < -0.3 is 0 Å². The van der Waals surface area contributed by atoms with Gasteiger partial charge in [0.05, 0.1) is 17.0 Å². The lowest BCUT2D eigenvalue weighted by Crippen LogP contribution is -2.49. The van der Waals surface area contributed by atoms with Crippen molar-refractivity contribution in [1.82, 2.24) is 4.31 Å². The van der Waals surface area contributed by atoms with Gasteiger partial charge in [0.2, 0.25) is 15.9 Å². The third-order valence-electron chi connectivity index (χ3n) is 4.93. The second-order valence-corrected chi connectivity index (χ2v) is 9.57. The summed E-state index contributed by atoms with van der Waals surface area (Å²) in [5, 5.41) is 0. The summed E-state index contributed by atoms with van der Waals surface area (Å²) in [6.45, 7) is 3.48. The Kier molecular flexibility index (Phi) is 6.21. The van der Waals surface area contributed by atoms with Gasteiger partial charge in [-0.15, -0.1) is 0 Å². The molecule has 6 nitrogen and oxygen atoms in total. The molecular formula is C20H20BrFN2O4S. The highest BCUT2D eigenvalue weighted by molar-refractivity contribution is 9.10. The molecule has 0 N–H and O–H groups in total. The Labute approximate surface area is 177 Å². The summed E-state index contributed by atoms with van der Waals surface area (Å²) in [6, 6.07) is 9.37. The SMILES string of the molecule is CCC(C)N(C1CC(=O)N(c2ccc(Br)cc2)C1=O)S(=O)(=O)c1ccc(F)cc1. The number of sulfonamides is 1. The van der Waals surface area contributed by atoms with Crippen LogP contribution in [-0.2, 0) is 19.6 Å². The van der Waals surface area contributed by atoms with Crippen LogP contribution in [0.3, 0.4) is 0 Å². The Morgan fingerprint density at radius 2 is 1.72 bits per heavy atom. The standard InChI is InChI=1S/C20H20BrFN2O4S/c1-3-13(2)24(29(27,28)17-10-6-15(22)7-11-17)18-12-19(25)23(20(18)26)16-8-4-14(21)5-9-16/h4-11,13,18H,3,12H2,1-2H3. The third kappa shape index (κ3) is 4.12. The lowest BCUT2D eigenvalue weighted by molar-refractivity contribution is -0.122. The number of amides is 2. The van der Waals surface area contributed by atoms with Gasteiger partial charge in [-0.2, -0.15) is 4.31 Å². The van der Waals surface area contributed by atoms with E-state index in [0.29, 0.717) is 12.1 Å². The van der Waals surface area contributed by atoms with Gasteiger partial charge in [-0.3, -0.25) is 9.59 Å². The number of rotatable bonds is 6. The highest BCUT2D eigenvalue weighted by atomic mass is 79.9. The quantitative estimate of drug-likeness (QED) is 0.588. The van der Waals surface area contributed by atoms with E-state index < -0.39 is 39.7 Å². The number of benzene rings is 2. The smallest absolute Gasteiger partial charge is 0.252 e. The summed E-state index contributed by atoms with van der Waals surface area (Å²) in [5.74, 6) is -1.62. The number of carbonyl (C=O) groups excluding carboxylic acids is 2. The van der Waals surface area contributed by atoms with Crippen molar-refractivity contribution in [2.75, 3.05) is 4.90 Å². The molecular weight excluding hydrogens is 463 g/mol. The maximum Gasteiger partial charge on any atom is 0.252 e. The molecule has 0 saturated carbocycles. The fraction of sp³-hybridized carbons (Fsp3) is 0.300. The molecule has 2 unspecified atom stereocenters. The van der Waals surface area contributed by atoms with E-state index in [1.165, 1.54) is 0 Å². The number of carbonyl (C=O) groups is 2. The first-order valence-corrected chi connectivity index (χ1v) is 11.3. The van der Waals surface area contributed by atoms with Gasteiger partial charge in [-0.1, -0.05) is 22.9 Å². The molecule has 29 heavy (non-hydrogen) atoms. The number of hydrogen-bond acceptors (Lipinski definition) is 4. The van der Waals surface area contributed by atoms with Crippen molar-refractivity contribution in [3.8, 4) is 0 Å². The van der Waals surface area contributed by atoms with Crippen LogP contribution in [0.2, 0.25) is 0 Å². The van der Waals surface area contributed by atoms with Crippen molar-refractivity contribution in [3.63, 3.8) is 0 Å². The average molecular weight is 483 g/mol. The molecule has 1 aliphatic heterocycles. The molecule has 0 aromatic heterocycles. The molecule has 9 heteroatoms. The highest BCUT2D eigenvalue weighted by Crippen LogP contribution is 2.32. The Balaban J connectivity index is 2.01. The lowest BCUT2D eigenvalue weighted by Gasteiger charge is -2.31. The monoisotopic (exact) mass is 482 g/mol. The van der Waals surface area contributed by atoms with Gasteiger partial charge >= 0.3 is 0 Å². The summed E-state index contributed by atoms with van der Waals surface area (Å²) in [7, 11) is -4.12. The minimum atomic E-state index is -4.12. The van der Waals surface area contributed by atoms with Crippen LogP contribution in [-0.4, -0.2) is 36.6 Å².